The van der Waals surface area contributed by atoms with E-state index >= 15 is 0 Å². The van der Waals surface area contributed by atoms with Gasteiger partial charge >= 0.3 is 5.97 Å². The molecule has 1 aromatic carbocycles. The summed E-state index contributed by atoms with van der Waals surface area (Å²) in [4.78, 5) is 21.4. The van der Waals surface area contributed by atoms with E-state index in [0.717, 1.165) is 31.4 Å². The number of rotatable bonds is 5. The lowest BCUT2D eigenvalue weighted by Gasteiger charge is -2.41. The van der Waals surface area contributed by atoms with E-state index in [1.807, 2.05) is 0 Å². The van der Waals surface area contributed by atoms with Gasteiger partial charge in [0.15, 0.2) is 8.32 Å². The molecule has 1 fully saturated rings. The number of aromatic nitrogens is 2. The molecule has 0 bridgehead atoms. The summed E-state index contributed by atoms with van der Waals surface area (Å²) in [6.07, 6.45) is 5.90. The molecule has 2 N–H and O–H groups in total. The third kappa shape index (κ3) is 6.67. The van der Waals surface area contributed by atoms with Crippen LogP contribution in [0, 0.1) is 5.82 Å². The van der Waals surface area contributed by atoms with Crippen LogP contribution in [-0.4, -0.2) is 36.0 Å². The van der Waals surface area contributed by atoms with Gasteiger partial charge in [-0.25, -0.2) is 19.2 Å². The molecule has 0 atom stereocenters. The zero-order valence-electron chi connectivity index (χ0n) is 22.4. The van der Waals surface area contributed by atoms with Crippen LogP contribution >= 0.6 is 0 Å². The lowest BCUT2D eigenvalue weighted by Crippen LogP contribution is -2.44. The third-order valence-electron chi connectivity index (χ3n) is 7.04. The second-order valence-corrected chi connectivity index (χ2v) is 16.8. The molecule has 0 aliphatic heterocycles. The monoisotopic (exact) mass is 501 g/mol. The van der Waals surface area contributed by atoms with Crippen molar-refractivity contribution in [2.24, 2.45) is 0 Å². The smallest absolute Gasteiger partial charge is 0.341 e. The van der Waals surface area contributed by atoms with Crippen LogP contribution < -0.4 is 5.73 Å². The van der Waals surface area contributed by atoms with Gasteiger partial charge in [0.1, 0.15) is 22.9 Å². The molecule has 1 aromatic heterocycles. The average molecular weight is 502 g/mol. The average Bonchev–Trinajstić information content (AvgIpc) is 2.72. The van der Waals surface area contributed by atoms with Gasteiger partial charge in [0.25, 0.3) is 0 Å². The van der Waals surface area contributed by atoms with Crippen molar-refractivity contribution in [2.45, 2.75) is 103 Å². The number of hydrogen-bond acceptors (Lipinski definition) is 6. The van der Waals surface area contributed by atoms with Crippen molar-refractivity contribution in [3.63, 3.8) is 0 Å². The van der Waals surface area contributed by atoms with E-state index < -0.39 is 25.7 Å². The Kier molecular flexibility index (Phi) is 7.77. The minimum absolute atomic E-state index is 0.119. The topological polar surface area (TPSA) is 87.3 Å². The molecule has 0 unspecified atom stereocenters. The Morgan fingerprint density at radius 2 is 1.71 bits per heavy atom. The van der Waals surface area contributed by atoms with Gasteiger partial charge in [-0.3, -0.25) is 0 Å². The maximum Gasteiger partial charge on any atom is 0.341 e. The van der Waals surface area contributed by atoms with Crippen LogP contribution in [0.3, 0.4) is 0 Å². The highest BCUT2D eigenvalue weighted by atomic mass is 28.4. The molecule has 35 heavy (non-hydrogen) atoms. The fourth-order valence-electron chi connectivity index (χ4n) is 4.05. The quantitative estimate of drug-likeness (QED) is 0.355. The minimum atomic E-state index is -1.80. The minimum Gasteiger partial charge on any atom is -0.456 e. The Balaban J connectivity index is 1.74. The summed E-state index contributed by atoms with van der Waals surface area (Å²) in [5.41, 5.74) is 7.05. The normalized spacial score (nSPS) is 19.5. The van der Waals surface area contributed by atoms with Crippen LogP contribution in [-0.2, 0) is 9.16 Å². The molecular weight excluding hydrogens is 461 g/mol. The van der Waals surface area contributed by atoms with Gasteiger partial charge in [-0.1, -0.05) is 26.8 Å². The third-order valence-corrected chi connectivity index (χ3v) is 11.6. The second kappa shape index (κ2) is 9.97. The standard InChI is InChI=1S/C27H40FN3O3Si/c1-26(2,3)33-25(32)20-14-11-18(15-21(20)28)23-24(29)30-16-22(31-23)17-9-12-19(13-10-17)34-35(7,8)27(4,5)6/h11,14-17,19H,9-10,12-13H2,1-8H3,(H2,29,30). The first-order chi connectivity index (χ1) is 16.1. The zero-order chi connectivity index (χ0) is 26.2. The van der Waals surface area contributed by atoms with Crippen molar-refractivity contribution >= 4 is 20.1 Å². The SMILES string of the molecule is CC(C)(C)OC(=O)c1ccc(-c2nc(C3CCC(O[Si](C)(C)C(C)(C)C)CC3)cnc2N)cc1F. The first-order valence-electron chi connectivity index (χ1n) is 12.4. The summed E-state index contributed by atoms with van der Waals surface area (Å²) in [5.74, 6) is -0.891. The molecule has 1 aliphatic carbocycles. The van der Waals surface area contributed by atoms with E-state index in [0.29, 0.717) is 11.3 Å². The Labute approximate surface area is 210 Å². The highest BCUT2D eigenvalue weighted by Crippen LogP contribution is 2.41. The summed E-state index contributed by atoms with van der Waals surface area (Å²) < 4.78 is 26.7. The maximum absolute atomic E-state index is 14.8. The molecule has 1 aliphatic rings. The van der Waals surface area contributed by atoms with Crippen LogP contribution in [0.1, 0.15) is 89.2 Å². The van der Waals surface area contributed by atoms with Gasteiger partial charge in [-0.2, -0.15) is 0 Å². The summed E-state index contributed by atoms with van der Waals surface area (Å²) >= 11 is 0. The number of nitrogens with zero attached hydrogens (tertiary/aromatic N) is 2. The second-order valence-electron chi connectivity index (χ2n) is 12.1. The van der Waals surface area contributed by atoms with Crippen molar-refractivity contribution in [1.82, 2.24) is 9.97 Å². The largest absolute Gasteiger partial charge is 0.456 e. The van der Waals surface area contributed by atoms with E-state index in [-0.39, 0.29) is 28.4 Å². The van der Waals surface area contributed by atoms with Crippen molar-refractivity contribution in [3.8, 4) is 11.3 Å². The molecule has 0 radical (unpaired) electrons. The van der Waals surface area contributed by atoms with Crippen LogP contribution in [0.2, 0.25) is 18.1 Å². The number of anilines is 1. The predicted molar refractivity (Wildman–Crippen MR) is 140 cm³/mol. The highest BCUT2D eigenvalue weighted by Gasteiger charge is 2.40. The van der Waals surface area contributed by atoms with Crippen LogP contribution in [0.5, 0.6) is 0 Å². The Morgan fingerprint density at radius 1 is 1.09 bits per heavy atom. The summed E-state index contributed by atoms with van der Waals surface area (Å²) in [6.45, 7) is 16.6. The van der Waals surface area contributed by atoms with Crippen LogP contribution in [0.25, 0.3) is 11.3 Å². The molecule has 1 heterocycles. The Bertz CT molecular complexity index is 1070. The number of nitrogen functional groups attached to an aromatic ring is 1. The maximum atomic E-state index is 14.8. The zero-order valence-corrected chi connectivity index (χ0v) is 23.4. The summed E-state index contributed by atoms with van der Waals surface area (Å²) in [5, 5.41) is 0.190. The van der Waals surface area contributed by atoms with E-state index in [1.54, 1.807) is 33.0 Å². The van der Waals surface area contributed by atoms with Gasteiger partial charge in [0.05, 0.1) is 17.5 Å². The predicted octanol–water partition coefficient (Wildman–Crippen LogP) is 6.87. The molecule has 6 nitrogen and oxygen atoms in total. The van der Waals surface area contributed by atoms with E-state index in [9.17, 15) is 9.18 Å². The first-order valence-corrected chi connectivity index (χ1v) is 15.3. The number of halogens is 1. The van der Waals surface area contributed by atoms with Gasteiger partial charge < -0.3 is 14.9 Å². The van der Waals surface area contributed by atoms with Gasteiger partial charge in [0.2, 0.25) is 0 Å². The van der Waals surface area contributed by atoms with Gasteiger partial charge in [0, 0.05) is 17.6 Å². The van der Waals surface area contributed by atoms with Crippen molar-refractivity contribution in [3.05, 3.63) is 41.5 Å². The lowest BCUT2D eigenvalue weighted by molar-refractivity contribution is 0.00647. The van der Waals surface area contributed by atoms with Crippen molar-refractivity contribution < 1.29 is 18.3 Å². The molecule has 0 spiro atoms. The van der Waals surface area contributed by atoms with Gasteiger partial charge in [-0.15, -0.1) is 0 Å². The summed E-state index contributed by atoms with van der Waals surface area (Å²) in [6, 6.07) is 4.32. The van der Waals surface area contributed by atoms with Crippen molar-refractivity contribution in [2.75, 3.05) is 5.73 Å². The summed E-state index contributed by atoms with van der Waals surface area (Å²) in [7, 11) is -1.80. The first kappa shape index (κ1) is 27.3. The molecule has 0 saturated heterocycles. The number of hydrogen-bond donors (Lipinski definition) is 1. The number of carbonyl (C=O) groups is 1. The van der Waals surface area contributed by atoms with E-state index in [4.69, 9.17) is 19.9 Å². The molecule has 3 rings (SSSR count). The molecule has 1 saturated carbocycles. The Morgan fingerprint density at radius 3 is 2.26 bits per heavy atom. The molecular formula is C27H40FN3O3Si. The van der Waals surface area contributed by atoms with Crippen molar-refractivity contribution in [1.29, 1.82) is 0 Å². The van der Waals surface area contributed by atoms with E-state index in [1.165, 1.54) is 12.1 Å². The van der Waals surface area contributed by atoms with Gasteiger partial charge in [-0.05, 0) is 76.7 Å². The molecule has 8 heteroatoms. The fourth-order valence-corrected chi connectivity index (χ4v) is 5.47. The molecule has 2 aromatic rings. The van der Waals surface area contributed by atoms with E-state index in [2.05, 4.69) is 38.8 Å². The van der Waals surface area contributed by atoms with Crippen LogP contribution in [0.4, 0.5) is 10.2 Å². The highest BCUT2D eigenvalue weighted by molar-refractivity contribution is 6.74. The number of esters is 1. The lowest BCUT2D eigenvalue weighted by atomic mass is 9.85. The molecule has 0 amide bonds. The fraction of sp³-hybridized carbons (Fsp3) is 0.593. The Hall–Kier alpha value is -2.32. The number of benzene rings is 1. The number of nitrogens with two attached hydrogens (primary N) is 1. The molecule has 192 valence electrons. The number of carbonyl (C=O) groups excluding carboxylic acids is 1. The van der Waals surface area contributed by atoms with Crippen LogP contribution in [0.15, 0.2) is 24.4 Å². The number of ether oxygens (including phenoxy) is 1.